The van der Waals surface area contributed by atoms with Gasteiger partial charge < -0.3 is 5.32 Å². The molecular weight excluding hydrogens is 421 g/mol. The van der Waals surface area contributed by atoms with Crippen molar-refractivity contribution in [1.82, 2.24) is 4.31 Å². The number of carbonyl (C=O) groups excluding carboxylic acids is 1. The first-order valence-corrected chi connectivity index (χ1v) is 10.0. The zero-order valence-electron chi connectivity index (χ0n) is 14.2. The van der Waals surface area contributed by atoms with Gasteiger partial charge >= 0.3 is 0 Å². The molecule has 0 atom stereocenters. The summed E-state index contributed by atoms with van der Waals surface area (Å²) in [6.45, 7) is 1.10. The Kier molecular flexibility index (Phi) is 7.16. The minimum Gasteiger partial charge on any atom is -0.324 e. The summed E-state index contributed by atoms with van der Waals surface area (Å²) in [7, 11) is -4.34. The molecule has 0 spiro atoms. The molecule has 0 aromatic heterocycles. The number of anilines is 1. The Hall–Kier alpha value is -1.74. The summed E-state index contributed by atoms with van der Waals surface area (Å²) in [5.74, 6) is -2.81. The topological polar surface area (TPSA) is 66.5 Å². The highest BCUT2D eigenvalue weighted by Gasteiger charge is 2.29. The third-order valence-corrected chi connectivity index (χ3v) is 5.95. The zero-order valence-corrected chi connectivity index (χ0v) is 16.5. The maximum Gasteiger partial charge on any atom is 0.246 e. The molecule has 1 N–H and O–H groups in total. The number of nitrogens with one attached hydrogen (secondary N) is 1. The smallest absolute Gasteiger partial charge is 0.246 e. The van der Waals surface area contributed by atoms with E-state index in [2.05, 4.69) is 5.32 Å². The molecule has 2 aromatic rings. The Morgan fingerprint density at radius 1 is 1.15 bits per heavy atom. The van der Waals surface area contributed by atoms with Gasteiger partial charge in [-0.25, -0.2) is 17.2 Å². The zero-order chi connectivity index (χ0) is 20.2. The quantitative estimate of drug-likeness (QED) is 0.702. The van der Waals surface area contributed by atoms with Crippen molar-refractivity contribution in [3.63, 3.8) is 0 Å². The van der Waals surface area contributed by atoms with Gasteiger partial charge in [0.15, 0.2) is 0 Å². The molecule has 0 aliphatic carbocycles. The fraction of sp³-hybridized carbons (Fsp3) is 0.235. The van der Waals surface area contributed by atoms with E-state index in [1.54, 1.807) is 6.92 Å². The molecule has 5 nitrogen and oxygen atoms in total. The van der Waals surface area contributed by atoms with E-state index < -0.39 is 39.0 Å². The molecule has 0 fully saturated rings. The van der Waals surface area contributed by atoms with Gasteiger partial charge in [0.1, 0.15) is 16.5 Å². The standard InChI is InChI=1S/C17H16Cl2F2N2O3S/c1-2-7-23(27(25,26)16-6-4-12(20)9-14(16)21)10-17(24)22-15-8-11(18)3-5-13(15)19/h3-6,8-9H,2,7,10H2,1H3,(H,22,24). The molecule has 10 heteroatoms. The normalized spacial score (nSPS) is 11.6. The SMILES string of the molecule is CCCN(CC(=O)Nc1cc(Cl)ccc1Cl)S(=O)(=O)c1ccc(F)cc1F. The molecule has 2 rings (SSSR count). The van der Waals surface area contributed by atoms with Crippen LogP contribution in [0.25, 0.3) is 0 Å². The molecule has 0 aliphatic heterocycles. The van der Waals surface area contributed by atoms with Gasteiger partial charge in [-0.1, -0.05) is 30.1 Å². The van der Waals surface area contributed by atoms with E-state index in [4.69, 9.17) is 23.2 Å². The van der Waals surface area contributed by atoms with Crippen LogP contribution in [0.3, 0.4) is 0 Å². The fourth-order valence-corrected chi connectivity index (χ4v) is 4.17. The molecule has 0 saturated heterocycles. The highest BCUT2D eigenvalue weighted by molar-refractivity contribution is 7.89. The van der Waals surface area contributed by atoms with Gasteiger partial charge in [-0.2, -0.15) is 4.31 Å². The van der Waals surface area contributed by atoms with Gasteiger partial charge in [0, 0.05) is 17.6 Å². The number of carbonyl (C=O) groups is 1. The number of sulfonamides is 1. The summed E-state index contributed by atoms with van der Waals surface area (Å²) in [4.78, 5) is 11.6. The molecule has 146 valence electrons. The van der Waals surface area contributed by atoms with Gasteiger partial charge in [-0.3, -0.25) is 4.79 Å². The maximum absolute atomic E-state index is 13.9. The van der Waals surface area contributed by atoms with Gasteiger partial charge in [0.2, 0.25) is 15.9 Å². The second-order valence-corrected chi connectivity index (χ2v) is 8.34. The molecule has 0 saturated carbocycles. The summed E-state index contributed by atoms with van der Waals surface area (Å²) < 4.78 is 53.2. The summed E-state index contributed by atoms with van der Waals surface area (Å²) in [5.41, 5.74) is 0.218. The molecular formula is C17H16Cl2F2N2O3S. The van der Waals surface area contributed by atoms with Crippen LogP contribution in [-0.2, 0) is 14.8 Å². The van der Waals surface area contributed by atoms with Crippen molar-refractivity contribution < 1.29 is 22.0 Å². The van der Waals surface area contributed by atoms with Crippen LogP contribution < -0.4 is 5.32 Å². The molecule has 0 radical (unpaired) electrons. The Bertz CT molecular complexity index is 955. The van der Waals surface area contributed by atoms with E-state index in [1.807, 2.05) is 0 Å². The van der Waals surface area contributed by atoms with Crippen LogP contribution in [0.4, 0.5) is 14.5 Å². The first-order valence-electron chi connectivity index (χ1n) is 7.85. The lowest BCUT2D eigenvalue weighted by atomic mass is 10.3. The number of rotatable bonds is 7. The number of hydrogen-bond donors (Lipinski definition) is 1. The lowest BCUT2D eigenvalue weighted by molar-refractivity contribution is -0.116. The monoisotopic (exact) mass is 436 g/mol. The summed E-state index contributed by atoms with van der Waals surface area (Å²) in [6.07, 6.45) is 0.382. The van der Waals surface area contributed by atoms with E-state index in [1.165, 1.54) is 18.2 Å². The minimum atomic E-state index is -4.34. The number of hydrogen-bond acceptors (Lipinski definition) is 3. The first kappa shape index (κ1) is 21.6. The van der Waals surface area contributed by atoms with Crippen molar-refractivity contribution in [2.24, 2.45) is 0 Å². The Morgan fingerprint density at radius 3 is 2.48 bits per heavy atom. The average Bonchev–Trinajstić information content (AvgIpc) is 2.57. The van der Waals surface area contributed by atoms with E-state index in [-0.39, 0.29) is 17.3 Å². The largest absolute Gasteiger partial charge is 0.324 e. The summed E-state index contributed by atoms with van der Waals surface area (Å²) in [5, 5.41) is 3.03. The predicted molar refractivity (Wildman–Crippen MR) is 100 cm³/mol. The molecule has 1 amide bonds. The highest BCUT2D eigenvalue weighted by atomic mass is 35.5. The van der Waals surface area contributed by atoms with E-state index in [0.717, 1.165) is 16.4 Å². The van der Waals surface area contributed by atoms with Gasteiger partial charge in [-0.05, 0) is 36.8 Å². The van der Waals surface area contributed by atoms with Crippen LogP contribution in [0.5, 0.6) is 0 Å². The first-order chi connectivity index (χ1) is 12.6. The van der Waals surface area contributed by atoms with Crippen LogP contribution in [0.2, 0.25) is 10.0 Å². The van der Waals surface area contributed by atoms with Crippen LogP contribution in [0.15, 0.2) is 41.3 Å². The van der Waals surface area contributed by atoms with E-state index >= 15 is 0 Å². The van der Waals surface area contributed by atoms with Gasteiger partial charge in [-0.15, -0.1) is 0 Å². The number of benzene rings is 2. The van der Waals surface area contributed by atoms with Crippen LogP contribution >= 0.6 is 23.2 Å². The van der Waals surface area contributed by atoms with Crippen molar-refractivity contribution in [3.05, 3.63) is 58.1 Å². The lowest BCUT2D eigenvalue weighted by Gasteiger charge is -2.21. The Labute approximate surface area is 165 Å². The molecule has 0 bridgehead atoms. The van der Waals surface area contributed by atoms with Crippen molar-refractivity contribution >= 4 is 44.8 Å². The number of amides is 1. The van der Waals surface area contributed by atoms with Crippen molar-refractivity contribution in [1.29, 1.82) is 0 Å². The Balaban J connectivity index is 2.26. The third-order valence-electron chi connectivity index (χ3n) is 3.51. The maximum atomic E-state index is 13.9. The molecule has 0 aliphatic rings. The van der Waals surface area contributed by atoms with Crippen LogP contribution in [0, 0.1) is 11.6 Å². The van der Waals surface area contributed by atoms with Gasteiger partial charge in [0.25, 0.3) is 0 Å². The molecule has 0 unspecified atom stereocenters. The van der Waals surface area contributed by atoms with Crippen LogP contribution in [-0.4, -0.2) is 31.7 Å². The fourth-order valence-electron chi connectivity index (χ4n) is 2.30. The van der Waals surface area contributed by atoms with Crippen LogP contribution in [0.1, 0.15) is 13.3 Å². The van der Waals surface area contributed by atoms with Crippen molar-refractivity contribution in [3.8, 4) is 0 Å². The van der Waals surface area contributed by atoms with Crippen molar-refractivity contribution in [2.75, 3.05) is 18.4 Å². The van der Waals surface area contributed by atoms with Gasteiger partial charge in [0.05, 0.1) is 17.3 Å². The second kappa shape index (κ2) is 8.97. The second-order valence-electron chi connectivity index (χ2n) is 5.59. The Morgan fingerprint density at radius 2 is 1.85 bits per heavy atom. The summed E-state index contributed by atoms with van der Waals surface area (Å²) in [6, 6.07) is 6.57. The van der Waals surface area contributed by atoms with E-state index in [0.29, 0.717) is 17.5 Å². The predicted octanol–water partition coefficient (Wildman–Crippen LogP) is 4.31. The van der Waals surface area contributed by atoms with Crippen molar-refractivity contribution in [2.45, 2.75) is 18.2 Å². The number of halogens is 4. The minimum absolute atomic E-state index is 0.0319. The number of nitrogens with zero attached hydrogens (tertiary/aromatic N) is 1. The lowest BCUT2D eigenvalue weighted by Crippen LogP contribution is -2.38. The average molecular weight is 437 g/mol. The van der Waals surface area contributed by atoms with E-state index in [9.17, 15) is 22.0 Å². The molecule has 2 aromatic carbocycles. The summed E-state index contributed by atoms with van der Waals surface area (Å²) >= 11 is 11.8. The highest BCUT2D eigenvalue weighted by Crippen LogP contribution is 2.26. The third kappa shape index (κ3) is 5.38. The molecule has 0 heterocycles. The molecule has 27 heavy (non-hydrogen) atoms.